The maximum absolute atomic E-state index is 13.5. The molecule has 2 heterocycles. The summed E-state index contributed by atoms with van der Waals surface area (Å²) in [7, 11) is 0. The van der Waals surface area contributed by atoms with Gasteiger partial charge in [-0.05, 0) is 19.1 Å². The number of nitrogens with zero attached hydrogens (tertiary/aromatic N) is 2. The Hall–Kier alpha value is -2.76. The molecule has 1 aliphatic heterocycles. The molecule has 0 spiro atoms. The highest BCUT2D eigenvalue weighted by atomic mass is 19.4. The van der Waals surface area contributed by atoms with Crippen LogP contribution in [0.4, 0.5) is 13.2 Å². The smallest absolute Gasteiger partial charge is 0.390 e. The van der Waals surface area contributed by atoms with Gasteiger partial charge in [-0.3, -0.25) is 14.2 Å². The van der Waals surface area contributed by atoms with E-state index in [4.69, 9.17) is 9.47 Å². The zero-order valence-corrected chi connectivity index (χ0v) is 15.8. The maximum atomic E-state index is 13.5. The number of alkyl halides is 3. The van der Waals surface area contributed by atoms with Gasteiger partial charge in [-0.25, -0.2) is 4.79 Å². The van der Waals surface area contributed by atoms with E-state index in [0.717, 1.165) is 0 Å². The minimum Gasteiger partial charge on any atom is -0.390 e. The molecule has 0 aliphatic carbocycles. The number of aliphatic hydroxyl groups is 1. The van der Waals surface area contributed by atoms with Crippen molar-refractivity contribution in [2.45, 2.75) is 38.0 Å². The molecule has 162 valence electrons. The number of hydrogen-bond donors (Lipinski definition) is 1. The molecular formula is C19H19F3N2O6. The molecule has 2 aromatic rings. The van der Waals surface area contributed by atoms with E-state index in [-0.39, 0.29) is 23.2 Å². The Balaban J connectivity index is 2.12. The van der Waals surface area contributed by atoms with E-state index in [9.17, 15) is 32.7 Å². The van der Waals surface area contributed by atoms with Gasteiger partial charge in [0, 0.05) is 24.8 Å². The zero-order valence-electron chi connectivity index (χ0n) is 15.8. The number of benzene rings is 1. The molecule has 0 bridgehead atoms. The zero-order chi connectivity index (χ0) is 22.1. The van der Waals surface area contributed by atoms with E-state index in [2.05, 4.69) is 0 Å². The van der Waals surface area contributed by atoms with Crippen LogP contribution in [0.15, 0.2) is 46.1 Å². The first-order valence-corrected chi connectivity index (χ1v) is 9.11. The molecule has 0 saturated carbocycles. The summed E-state index contributed by atoms with van der Waals surface area (Å²) in [6.45, 7) is 2.01. The molecule has 30 heavy (non-hydrogen) atoms. The Morgan fingerprint density at radius 1 is 1.27 bits per heavy atom. The van der Waals surface area contributed by atoms with Crippen LogP contribution in [0, 0.1) is 0 Å². The number of aliphatic hydroxyl groups excluding tert-OH is 1. The van der Waals surface area contributed by atoms with Gasteiger partial charge in [0.15, 0.2) is 0 Å². The molecule has 1 aromatic carbocycles. The van der Waals surface area contributed by atoms with Crippen LogP contribution in [0.2, 0.25) is 0 Å². The highest BCUT2D eigenvalue weighted by Crippen LogP contribution is 2.30. The van der Waals surface area contributed by atoms with Crippen LogP contribution in [-0.2, 0) is 15.7 Å². The van der Waals surface area contributed by atoms with E-state index < -0.39 is 47.3 Å². The first-order valence-electron chi connectivity index (χ1n) is 9.11. The molecule has 8 nitrogen and oxygen atoms in total. The fourth-order valence-corrected chi connectivity index (χ4v) is 3.13. The second kappa shape index (κ2) is 8.54. The summed E-state index contributed by atoms with van der Waals surface area (Å²) in [5.74, 6) is -1.20. The number of halogens is 3. The summed E-state index contributed by atoms with van der Waals surface area (Å²) in [6.07, 6.45) is -8.30. The SMILES string of the molecule is CCOC[C@H]1O[C@@H](n2cc(C(F)(F)F)c(=O)n(C(=O)c3ccccc3)c2=O)C[C@@H]1O. The number of carbonyl (C=O) groups excluding carboxylic acids is 1. The lowest BCUT2D eigenvalue weighted by molar-refractivity contribution is -0.139. The normalized spacial score (nSPS) is 21.7. The number of hydrogen-bond acceptors (Lipinski definition) is 6. The molecule has 1 N–H and O–H groups in total. The van der Waals surface area contributed by atoms with E-state index in [1.54, 1.807) is 13.0 Å². The predicted octanol–water partition coefficient (Wildman–Crippen LogP) is 1.40. The number of rotatable bonds is 5. The molecule has 3 atom stereocenters. The standard InChI is InChI=1S/C19H19F3N2O6/c1-2-29-10-14-13(25)8-15(30-14)23-9-12(19(20,21)22)17(27)24(18(23)28)16(26)11-6-4-3-5-7-11/h3-7,9,13-15,25H,2,8,10H2,1H3/t13-,14+,15+/m0/s1. The van der Waals surface area contributed by atoms with Gasteiger partial charge < -0.3 is 14.6 Å². The molecule has 11 heteroatoms. The van der Waals surface area contributed by atoms with E-state index in [0.29, 0.717) is 17.4 Å². The lowest BCUT2D eigenvalue weighted by Crippen LogP contribution is -2.47. The summed E-state index contributed by atoms with van der Waals surface area (Å²) < 4.78 is 51.5. The maximum Gasteiger partial charge on any atom is 0.423 e. The largest absolute Gasteiger partial charge is 0.423 e. The van der Waals surface area contributed by atoms with Gasteiger partial charge in [-0.2, -0.15) is 17.7 Å². The van der Waals surface area contributed by atoms with Crippen LogP contribution >= 0.6 is 0 Å². The average molecular weight is 428 g/mol. The van der Waals surface area contributed by atoms with Crippen molar-refractivity contribution in [3.63, 3.8) is 0 Å². The number of ether oxygens (including phenoxy) is 2. The minimum atomic E-state index is -5.12. The van der Waals surface area contributed by atoms with Crippen molar-refractivity contribution >= 4 is 5.91 Å². The van der Waals surface area contributed by atoms with Gasteiger partial charge in [0.05, 0.1) is 12.7 Å². The Bertz CT molecular complexity index is 1030. The van der Waals surface area contributed by atoms with Gasteiger partial charge in [-0.15, -0.1) is 0 Å². The van der Waals surface area contributed by atoms with Gasteiger partial charge >= 0.3 is 11.9 Å². The molecule has 1 aliphatic rings. The van der Waals surface area contributed by atoms with Crippen molar-refractivity contribution in [1.82, 2.24) is 9.13 Å². The summed E-state index contributed by atoms with van der Waals surface area (Å²) in [5, 5.41) is 10.1. The van der Waals surface area contributed by atoms with Crippen molar-refractivity contribution in [2.75, 3.05) is 13.2 Å². The van der Waals surface area contributed by atoms with Crippen molar-refractivity contribution in [3.8, 4) is 0 Å². The Morgan fingerprint density at radius 2 is 1.93 bits per heavy atom. The second-order valence-corrected chi connectivity index (χ2v) is 6.63. The molecule has 1 fully saturated rings. The van der Waals surface area contributed by atoms with Crippen LogP contribution in [0.25, 0.3) is 0 Å². The number of aromatic nitrogens is 2. The molecule has 3 rings (SSSR count). The average Bonchev–Trinajstić information content (AvgIpc) is 3.06. The quantitative estimate of drug-likeness (QED) is 0.773. The van der Waals surface area contributed by atoms with Gasteiger partial charge in [0.25, 0.3) is 11.5 Å². The summed E-state index contributed by atoms with van der Waals surface area (Å²) in [6, 6.07) is 6.99. The van der Waals surface area contributed by atoms with Gasteiger partial charge in [0.2, 0.25) is 0 Å². The number of carbonyl (C=O) groups is 1. The third kappa shape index (κ3) is 4.23. The fraction of sp³-hybridized carbons (Fsp3) is 0.421. The summed E-state index contributed by atoms with van der Waals surface area (Å²) in [5.41, 5.74) is -4.90. The summed E-state index contributed by atoms with van der Waals surface area (Å²) in [4.78, 5) is 37.9. The molecule has 1 saturated heterocycles. The van der Waals surface area contributed by atoms with Crippen molar-refractivity contribution in [3.05, 3.63) is 68.5 Å². The van der Waals surface area contributed by atoms with Crippen LogP contribution < -0.4 is 11.2 Å². The molecule has 0 amide bonds. The van der Waals surface area contributed by atoms with Crippen molar-refractivity contribution in [1.29, 1.82) is 0 Å². The molecule has 1 aromatic heterocycles. The predicted molar refractivity (Wildman–Crippen MR) is 97.2 cm³/mol. The van der Waals surface area contributed by atoms with E-state index in [1.807, 2.05) is 0 Å². The fourth-order valence-electron chi connectivity index (χ4n) is 3.13. The molecular weight excluding hydrogens is 409 g/mol. The van der Waals surface area contributed by atoms with E-state index >= 15 is 0 Å². The third-order valence-corrected chi connectivity index (χ3v) is 4.64. The van der Waals surface area contributed by atoms with Gasteiger partial charge in [0.1, 0.15) is 17.9 Å². The Morgan fingerprint density at radius 3 is 2.53 bits per heavy atom. The third-order valence-electron chi connectivity index (χ3n) is 4.64. The minimum absolute atomic E-state index is 0.0301. The molecule has 0 unspecified atom stereocenters. The highest BCUT2D eigenvalue weighted by Gasteiger charge is 2.40. The Kier molecular flexibility index (Phi) is 6.25. The van der Waals surface area contributed by atoms with Gasteiger partial charge in [-0.1, -0.05) is 18.2 Å². The van der Waals surface area contributed by atoms with Crippen LogP contribution in [0.5, 0.6) is 0 Å². The monoisotopic (exact) mass is 428 g/mol. The lowest BCUT2D eigenvalue weighted by Gasteiger charge is -2.19. The van der Waals surface area contributed by atoms with Crippen molar-refractivity contribution < 1.29 is 32.5 Å². The van der Waals surface area contributed by atoms with Crippen LogP contribution in [-0.4, -0.2) is 45.6 Å². The summed E-state index contributed by atoms with van der Waals surface area (Å²) >= 11 is 0. The first-order chi connectivity index (χ1) is 14.1. The molecule has 0 radical (unpaired) electrons. The van der Waals surface area contributed by atoms with Crippen LogP contribution in [0.3, 0.4) is 0 Å². The second-order valence-electron chi connectivity index (χ2n) is 6.63. The van der Waals surface area contributed by atoms with Crippen LogP contribution in [0.1, 0.15) is 35.5 Å². The Labute approximate surface area is 168 Å². The van der Waals surface area contributed by atoms with Crippen molar-refractivity contribution in [2.24, 2.45) is 0 Å². The topological polar surface area (TPSA) is 99.8 Å². The highest BCUT2D eigenvalue weighted by molar-refractivity contribution is 5.95. The first kappa shape index (κ1) is 21.9. The lowest BCUT2D eigenvalue weighted by atomic mass is 10.2. The van der Waals surface area contributed by atoms with E-state index in [1.165, 1.54) is 24.3 Å².